The van der Waals surface area contributed by atoms with Crippen molar-refractivity contribution in [3.63, 3.8) is 0 Å². The molecule has 1 aliphatic rings. The smallest absolute Gasteiger partial charge is 0.152 e. The van der Waals surface area contributed by atoms with Crippen LogP contribution >= 0.6 is 11.6 Å². The Morgan fingerprint density at radius 1 is 1.42 bits per heavy atom. The maximum atomic E-state index is 11.9. The second-order valence-corrected chi connectivity index (χ2v) is 7.47. The number of rotatable bonds is 4. The number of nitriles is 1. The van der Waals surface area contributed by atoms with Crippen molar-refractivity contribution in [2.45, 2.75) is 11.2 Å². The molecule has 0 spiro atoms. The van der Waals surface area contributed by atoms with Crippen LogP contribution in [-0.2, 0) is 14.6 Å². The van der Waals surface area contributed by atoms with E-state index in [-0.39, 0.29) is 12.5 Å². The first kappa shape index (κ1) is 14.3. The van der Waals surface area contributed by atoms with Crippen LogP contribution in [0.15, 0.2) is 24.3 Å². The molecule has 0 bridgehead atoms. The summed E-state index contributed by atoms with van der Waals surface area (Å²) in [5, 5.41) is 9.25. The molecule has 3 atom stereocenters. The molecule has 6 heteroatoms. The fourth-order valence-electron chi connectivity index (χ4n) is 2.75. The van der Waals surface area contributed by atoms with Crippen molar-refractivity contribution >= 4 is 21.4 Å². The minimum Gasteiger partial charge on any atom is -0.383 e. The van der Waals surface area contributed by atoms with E-state index in [0.717, 1.165) is 11.8 Å². The molecule has 0 N–H and O–H groups in total. The fourth-order valence-corrected chi connectivity index (χ4v) is 4.73. The molecule has 4 nitrogen and oxygen atoms in total. The Kier molecular flexibility index (Phi) is 3.61. The summed E-state index contributed by atoms with van der Waals surface area (Å²) in [6.45, 7) is 0.106. The second kappa shape index (κ2) is 4.78. The maximum absolute atomic E-state index is 11.9. The molecule has 0 saturated heterocycles. The monoisotopic (exact) mass is 299 g/mol. The van der Waals surface area contributed by atoms with Crippen LogP contribution in [-0.4, -0.2) is 33.6 Å². The number of hydrogen-bond acceptors (Lipinski definition) is 4. The van der Waals surface area contributed by atoms with E-state index in [1.807, 2.05) is 0 Å². The Morgan fingerprint density at radius 3 is 2.42 bits per heavy atom. The molecule has 19 heavy (non-hydrogen) atoms. The van der Waals surface area contributed by atoms with Crippen molar-refractivity contribution in [3.8, 4) is 6.07 Å². The molecule has 0 radical (unpaired) electrons. The standard InChI is InChI=1S/C13H14ClNO3S/c1-18-8-13(7-15)11(12(13)19(2,16)17)9-3-5-10(14)6-4-9/h3-6,11-12H,8H2,1-2H3. The van der Waals surface area contributed by atoms with Gasteiger partial charge < -0.3 is 4.74 Å². The van der Waals surface area contributed by atoms with E-state index < -0.39 is 20.5 Å². The van der Waals surface area contributed by atoms with Gasteiger partial charge in [-0.15, -0.1) is 0 Å². The number of sulfone groups is 1. The van der Waals surface area contributed by atoms with E-state index in [1.54, 1.807) is 24.3 Å². The Labute approximate surface area is 117 Å². The predicted molar refractivity (Wildman–Crippen MR) is 72.7 cm³/mol. The first-order chi connectivity index (χ1) is 8.86. The molecule has 0 amide bonds. The van der Waals surface area contributed by atoms with Gasteiger partial charge in [0.15, 0.2) is 9.84 Å². The van der Waals surface area contributed by atoms with Crippen molar-refractivity contribution in [2.24, 2.45) is 5.41 Å². The Hall–Kier alpha value is -1.09. The molecular weight excluding hydrogens is 286 g/mol. The van der Waals surface area contributed by atoms with Gasteiger partial charge in [-0.2, -0.15) is 5.26 Å². The van der Waals surface area contributed by atoms with Crippen LogP contribution < -0.4 is 0 Å². The minimum atomic E-state index is -3.31. The highest BCUT2D eigenvalue weighted by atomic mass is 35.5. The zero-order chi connectivity index (χ0) is 14.3. The van der Waals surface area contributed by atoms with E-state index in [1.165, 1.54) is 7.11 Å². The van der Waals surface area contributed by atoms with Gasteiger partial charge in [0.25, 0.3) is 0 Å². The molecule has 0 aliphatic heterocycles. The zero-order valence-corrected chi connectivity index (χ0v) is 12.2. The van der Waals surface area contributed by atoms with Gasteiger partial charge in [-0.3, -0.25) is 0 Å². The molecular formula is C13H14ClNO3S. The van der Waals surface area contributed by atoms with Crippen LogP contribution in [0.1, 0.15) is 11.5 Å². The van der Waals surface area contributed by atoms with Gasteiger partial charge in [-0.1, -0.05) is 23.7 Å². The lowest BCUT2D eigenvalue weighted by molar-refractivity contribution is 0.162. The summed E-state index contributed by atoms with van der Waals surface area (Å²) in [5.41, 5.74) is -0.186. The van der Waals surface area contributed by atoms with E-state index in [2.05, 4.69) is 6.07 Å². The first-order valence-electron chi connectivity index (χ1n) is 5.71. The van der Waals surface area contributed by atoms with Crippen LogP contribution in [0.2, 0.25) is 5.02 Å². The highest BCUT2D eigenvalue weighted by molar-refractivity contribution is 7.91. The van der Waals surface area contributed by atoms with Gasteiger partial charge in [0.1, 0.15) is 5.41 Å². The Balaban J connectivity index is 2.44. The van der Waals surface area contributed by atoms with Gasteiger partial charge in [-0.05, 0) is 17.7 Å². The molecule has 102 valence electrons. The lowest BCUT2D eigenvalue weighted by atomic mass is 10.0. The summed E-state index contributed by atoms with van der Waals surface area (Å²) in [5.74, 6) is -0.357. The van der Waals surface area contributed by atoms with Crippen molar-refractivity contribution in [3.05, 3.63) is 34.9 Å². The highest BCUT2D eigenvalue weighted by Crippen LogP contribution is 2.62. The predicted octanol–water partition coefficient (Wildman–Crippen LogP) is 2.01. The number of hydrogen-bond donors (Lipinski definition) is 0. The van der Waals surface area contributed by atoms with E-state index in [0.29, 0.717) is 5.02 Å². The van der Waals surface area contributed by atoms with Crippen LogP contribution in [0.25, 0.3) is 0 Å². The largest absolute Gasteiger partial charge is 0.383 e. The summed E-state index contributed by atoms with van der Waals surface area (Å²) in [6.07, 6.45) is 1.16. The quantitative estimate of drug-likeness (QED) is 0.853. The molecule has 1 fully saturated rings. The van der Waals surface area contributed by atoms with E-state index >= 15 is 0 Å². The van der Waals surface area contributed by atoms with Crippen molar-refractivity contribution in [1.29, 1.82) is 5.26 Å². The third-order valence-electron chi connectivity index (χ3n) is 3.54. The van der Waals surface area contributed by atoms with Gasteiger partial charge in [0.05, 0.1) is 17.9 Å². The van der Waals surface area contributed by atoms with Crippen LogP contribution in [0, 0.1) is 16.7 Å². The van der Waals surface area contributed by atoms with E-state index in [9.17, 15) is 13.7 Å². The summed E-state index contributed by atoms with van der Waals surface area (Å²) < 4.78 is 28.8. The normalized spacial score (nSPS) is 29.8. The lowest BCUT2D eigenvalue weighted by Crippen LogP contribution is -2.17. The summed E-state index contributed by atoms with van der Waals surface area (Å²) in [7, 11) is -1.85. The fraction of sp³-hybridized carbons (Fsp3) is 0.462. The maximum Gasteiger partial charge on any atom is 0.152 e. The van der Waals surface area contributed by atoms with Crippen LogP contribution in [0.3, 0.4) is 0 Å². The van der Waals surface area contributed by atoms with Crippen molar-refractivity contribution < 1.29 is 13.2 Å². The summed E-state index contributed by atoms with van der Waals surface area (Å²) in [6, 6.07) is 9.06. The SMILES string of the molecule is COCC1(C#N)C(c2ccc(Cl)cc2)C1S(C)(=O)=O. The van der Waals surface area contributed by atoms with E-state index in [4.69, 9.17) is 16.3 Å². The van der Waals surface area contributed by atoms with Crippen molar-refractivity contribution in [1.82, 2.24) is 0 Å². The number of methoxy groups -OCH3 is 1. The molecule has 1 aromatic carbocycles. The van der Waals surface area contributed by atoms with Crippen LogP contribution in [0.5, 0.6) is 0 Å². The number of benzene rings is 1. The third kappa shape index (κ3) is 2.36. The topological polar surface area (TPSA) is 67.2 Å². The van der Waals surface area contributed by atoms with Crippen LogP contribution in [0.4, 0.5) is 0 Å². The first-order valence-corrected chi connectivity index (χ1v) is 8.04. The summed E-state index contributed by atoms with van der Waals surface area (Å²) in [4.78, 5) is 0. The average Bonchev–Trinajstić information content (AvgIpc) is 3.00. The molecule has 0 aromatic heterocycles. The Morgan fingerprint density at radius 2 is 2.00 bits per heavy atom. The molecule has 1 aliphatic carbocycles. The number of halogens is 1. The van der Waals surface area contributed by atoms with Gasteiger partial charge >= 0.3 is 0 Å². The Bertz CT molecular complexity index is 620. The molecule has 1 aromatic rings. The number of nitrogens with zero attached hydrogens (tertiary/aromatic N) is 1. The summed E-state index contributed by atoms with van der Waals surface area (Å²) >= 11 is 5.82. The molecule has 1 saturated carbocycles. The highest BCUT2D eigenvalue weighted by Gasteiger charge is 2.71. The average molecular weight is 300 g/mol. The molecule has 3 unspecified atom stereocenters. The van der Waals surface area contributed by atoms with Gasteiger partial charge in [-0.25, -0.2) is 8.42 Å². The zero-order valence-electron chi connectivity index (χ0n) is 10.6. The molecule has 0 heterocycles. The number of ether oxygens (including phenoxy) is 1. The van der Waals surface area contributed by atoms with Crippen molar-refractivity contribution in [2.75, 3.05) is 20.0 Å². The molecule has 2 rings (SSSR count). The lowest BCUT2D eigenvalue weighted by Gasteiger charge is -2.06. The van der Waals surface area contributed by atoms with Gasteiger partial charge in [0.2, 0.25) is 0 Å². The minimum absolute atomic E-state index is 0.106. The second-order valence-electron chi connectivity index (χ2n) is 4.86. The van der Waals surface area contributed by atoms with Gasteiger partial charge in [0, 0.05) is 24.3 Å². The third-order valence-corrected chi connectivity index (χ3v) is 5.41.